The Hall–Kier alpha value is -2.30. The molecular weight excluding hydrogens is 523 g/mol. The van der Waals surface area contributed by atoms with Gasteiger partial charge in [-0.3, -0.25) is 0 Å². The second kappa shape index (κ2) is 11.6. The molecule has 0 spiro atoms. The number of alkyl halides is 3. The molecule has 6 nitrogen and oxygen atoms in total. The lowest BCUT2D eigenvalue weighted by atomic mass is 9.81. The van der Waals surface area contributed by atoms with E-state index in [4.69, 9.17) is 4.74 Å². The van der Waals surface area contributed by atoms with E-state index in [1.807, 2.05) is 11.6 Å². The van der Waals surface area contributed by atoms with E-state index in [1.54, 1.807) is 11.8 Å². The minimum Gasteiger partial charge on any atom is -0.467 e. The van der Waals surface area contributed by atoms with Crippen LogP contribution >= 0.6 is 24.2 Å². The number of nitrogens with zero attached hydrogens (tertiary/aromatic N) is 4. The molecule has 0 amide bonds. The van der Waals surface area contributed by atoms with Gasteiger partial charge in [-0.05, 0) is 49.3 Å². The van der Waals surface area contributed by atoms with Crippen molar-refractivity contribution in [1.29, 1.82) is 0 Å². The first-order chi connectivity index (χ1) is 17.3. The number of aliphatic imine (C=N–C) groups is 1. The van der Waals surface area contributed by atoms with Crippen LogP contribution in [0.15, 0.2) is 57.8 Å². The zero-order chi connectivity index (χ0) is 25.3. The molecule has 0 radical (unpaired) electrons. The molecule has 1 aromatic heterocycles. The van der Waals surface area contributed by atoms with Gasteiger partial charge in [0.25, 0.3) is 0 Å². The molecule has 37 heavy (non-hydrogen) atoms. The molecule has 11 heteroatoms. The number of hydrogen-bond donors (Lipinski definition) is 1. The Labute approximate surface area is 225 Å². The zero-order valence-corrected chi connectivity index (χ0v) is 22.4. The third-order valence-electron chi connectivity index (χ3n) is 7.01. The monoisotopic (exact) mass is 553 g/mol. The van der Waals surface area contributed by atoms with Gasteiger partial charge in [0.2, 0.25) is 0 Å². The van der Waals surface area contributed by atoms with Crippen molar-refractivity contribution in [3.63, 3.8) is 0 Å². The molecule has 200 valence electrons. The van der Waals surface area contributed by atoms with Crippen molar-refractivity contribution in [3.05, 3.63) is 53.3 Å². The molecular formula is C26H31ClF3N5OS. The predicted octanol–water partition coefficient (Wildman–Crippen LogP) is 6.19. The summed E-state index contributed by atoms with van der Waals surface area (Å²) in [5.74, 6) is 2.78. The maximum absolute atomic E-state index is 12.8. The van der Waals surface area contributed by atoms with E-state index in [0.717, 1.165) is 73.3 Å². The number of fused-ring (bicyclic) bond motifs is 3. The van der Waals surface area contributed by atoms with Crippen LogP contribution in [0.4, 0.5) is 13.2 Å². The van der Waals surface area contributed by atoms with E-state index in [2.05, 4.69) is 39.6 Å². The molecule has 1 aromatic carbocycles. The lowest BCUT2D eigenvalue weighted by Crippen LogP contribution is -2.31. The minimum atomic E-state index is -4.35. The summed E-state index contributed by atoms with van der Waals surface area (Å²) in [5, 5.41) is 12.9. The van der Waals surface area contributed by atoms with Crippen LogP contribution < -0.4 is 5.32 Å². The maximum atomic E-state index is 12.8. The largest absolute Gasteiger partial charge is 0.467 e. The lowest BCUT2D eigenvalue weighted by molar-refractivity contribution is -0.137. The molecule has 2 aliphatic heterocycles. The molecule has 3 heterocycles. The summed E-state index contributed by atoms with van der Waals surface area (Å²) in [6.45, 7) is 2.92. The first kappa shape index (κ1) is 27.7. The summed E-state index contributed by atoms with van der Waals surface area (Å²) in [6, 6.07) is 5.48. The number of rotatable bonds is 7. The van der Waals surface area contributed by atoms with Crippen molar-refractivity contribution in [1.82, 2.24) is 20.1 Å². The molecule has 2 aromatic rings. The van der Waals surface area contributed by atoms with Crippen LogP contribution in [0.3, 0.4) is 0 Å². The van der Waals surface area contributed by atoms with Gasteiger partial charge < -0.3 is 14.6 Å². The van der Waals surface area contributed by atoms with Crippen molar-refractivity contribution in [3.8, 4) is 11.4 Å². The zero-order valence-electron chi connectivity index (χ0n) is 20.8. The Morgan fingerprint density at radius 2 is 1.95 bits per heavy atom. The number of nitrogens with one attached hydrogen (secondary N) is 1. The number of ether oxygens (including phenoxy) is 1. The van der Waals surface area contributed by atoms with Crippen molar-refractivity contribution < 1.29 is 17.9 Å². The quantitative estimate of drug-likeness (QED) is 0.251. The first-order valence-electron chi connectivity index (χ1n) is 12.4. The van der Waals surface area contributed by atoms with Gasteiger partial charge in [0.1, 0.15) is 0 Å². The van der Waals surface area contributed by atoms with Crippen LogP contribution in [0, 0.1) is 5.92 Å². The summed E-state index contributed by atoms with van der Waals surface area (Å²) in [6.07, 6.45) is 5.21. The summed E-state index contributed by atoms with van der Waals surface area (Å²) >= 11 is 1.63. The summed E-state index contributed by atoms with van der Waals surface area (Å²) in [5.41, 5.74) is 2.39. The molecule has 0 saturated carbocycles. The number of halogens is 4. The topological polar surface area (TPSA) is 64.3 Å². The fourth-order valence-corrected chi connectivity index (χ4v) is 5.95. The van der Waals surface area contributed by atoms with Crippen LogP contribution in [0.2, 0.25) is 0 Å². The van der Waals surface area contributed by atoms with E-state index >= 15 is 0 Å². The highest BCUT2D eigenvalue weighted by molar-refractivity contribution is 7.99. The second-order valence-corrected chi connectivity index (χ2v) is 10.5. The van der Waals surface area contributed by atoms with Crippen LogP contribution in [-0.2, 0) is 18.0 Å². The number of thioether (sulfide) groups is 1. The number of aromatic nitrogens is 3. The number of benzene rings is 1. The van der Waals surface area contributed by atoms with Crippen LogP contribution in [-0.4, -0.2) is 45.1 Å². The first-order valence-corrected chi connectivity index (χ1v) is 13.4. The van der Waals surface area contributed by atoms with Crippen molar-refractivity contribution in [2.75, 3.05) is 12.3 Å². The van der Waals surface area contributed by atoms with Gasteiger partial charge in [-0.1, -0.05) is 43.0 Å². The van der Waals surface area contributed by atoms with E-state index in [-0.39, 0.29) is 18.5 Å². The van der Waals surface area contributed by atoms with Gasteiger partial charge in [0, 0.05) is 37.4 Å². The molecule has 1 N–H and O–H groups in total. The molecule has 0 saturated heterocycles. The average molecular weight is 554 g/mol. The Kier molecular flexibility index (Phi) is 8.70. The van der Waals surface area contributed by atoms with Crippen molar-refractivity contribution >= 4 is 30.1 Å². The number of hydrogen-bond acceptors (Lipinski definition) is 6. The molecule has 0 bridgehead atoms. The third kappa shape index (κ3) is 6.07. The molecule has 1 aliphatic carbocycles. The van der Waals surface area contributed by atoms with Gasteiger partial charge in [0.15, 0.2) is 23.0 Å². The predicted molar refractivity (Wildman–Crippen MR) is 142 cm³/mol. The maximum Gasteiger partial charge on any atom is 0.416 e. The molecule has 3 unspecified atom stereocenters. The molecule has 0 fully saturated rings. The Bertz CT molecular complexity index is 1190. The second-order valence-electron chi connectivity index (χ2n) is 9.39. The smallest absolute Gasteiger partial charge is 0.416 e. The standard InChI is InChI=1S/C26H30F3N5OS.ClH/c1-3-22-31-21-11-8-17-15-19(30-13-12-20(17)23(21)35-22)5-4-14-36-25-33-32-24(34(25)2)16-6-9-18(10-7-16)26(27,28)29;/h6-7,9-12,17,19,23,30H,3-5,8,13-15H2,1-2H3;1H. The third-order valence-corrected chi connectivity index (χ3v) is 8.12. The summed E-state index contributed by atoms with van der Waals surface area (Å²) in [4.78, 5) is 4.63. The van der Waals surface area contributed by atoms with Crippen LogP contribution in [0.5, 0.6) is 0 Å². The normalized spacial score (nSPS) is 23.1. The van der Waals surface area contributed by atoms with Crippen LogP contribution in [0.25, 0.3) is 11.4 Å². The van der Waals surface area contributed by atoms with Crippen molar-refractivity contribution in [2.24, 2.45) is 18.0 Å². The van der Waals surface area contributed by atoms with E-state index in [0.29, 0.717) is 23.3 Å². The minimum absolute atomic E-state index is 0. The van der Waals surface area contributed by atoms with E-state index in [1.165, 1.54) is 17.7 Å². The summed E-state index contributed by atoms with van der Waals surface area (Å²) < 4.78 is 46.5. The summed E-state index contributed by atoms with van der Waals surface area (Å²) in [7, 11) is 1.85. The number of allylic oxidation sites excluding steroid dienone is 1. The van der Waals surface area contributed by atoms with Gasteiger partial charge in [-0.25, -0.2) is 4.99 Å². The molecule has 3 aliphatic rings. The van der Waals surface area contributed by atoms with Gasteiger partial charge in [-0.2, -0.15) is 13.2 Å². The van der Waals surface area contributed by atoms with Gasteiger partial charge in [-0.15, -0.1) is 22.6 Å². The van der Waals surface area contributed by atoms with Gasteiger partial charge >= 0.3 is 6.18 Å². The molecule has 3 atom stereocenters. The lowest BCUT2D eigenvalue weighted by Gasteiger charge is -2.29. The Morgan fingerprint density at radius 3 is 2.68 bits per heavy atom. The average Bonchev–Trinajstić information content (AvgIpc) is 3.38. The highest BCUT2D eigenvalue weighted by atomic mass is 35.5. The Morgan fingerprint density at radius 1 is 1.16 bits per heavy atom. The Balaban J connectivity index is 0.00000320. The highest BCUT2D eigenvalue weighted by Crippen LogP contribution is 2.39. The SMILES string of the molecule is CCC1=NC2=CCC3CC(CCCSc4nnc(-c5ccc(C(F)(F)F)cc5)n4C)NCC=C3C2O1.Cl. The molecule has 5 rings (SSSR count). The van der Waals surface area contributed by atoms with E-state index < -0.39 is 11.7 Å². The fourth-order valence-electron chi connectivity index (χ4n) is 5.08. The van der Waals surface area contributed by atoms with E-state index in [9.17, 15) is 13.2 Å². The highest BCUT2D eigenvalue weighted by Gasteiger charge is 2.37. The van der Waals surface area contributed by atoms with Gasteiger partial charge in [0.05, 0.1) is 11.3 Å². The van der Waals surface area contributed by atoms with Crippen molar-refractivity contribution in [2.45, 2.75) is 62.5 Å². The fraction of sp³-hybridized carbons (Fsp3) is 0.500. The van der Waals surface area contributed by atoms with Crippen LogP contribution in [0.1, 0.15) is 44.6 Å².